The molecule has 0 bridgehead atoms. The van der Waals surface area contributed by atoms with Crippen molar-refractivity contribution in [2.75, 3.05) is 21.3 Å². The van der Waals surface area contributed by atoms with Crippen LogP contribution in [0.2, 0.25) is 10.0 Å². The van der Waals surface area contributed by atoms with Gasteiger partial charge < -0.3 is 18.6 Å². The first-order valence-electron chi connectivity index (χ1n) is 7.22. The lowest BCUT2D eigenvalue weighted by atomic mass is 10.1. The molecule has 0 atom stereocenters. The summed E-state index contributed by atoms with van der Waals surface area (Å²) >= 11 is 12.0. The third kappa shape index (κ3) is 3.01. The third-order valence-corrected chi connectivity index (χ3v) is 4.47. The van der Waals surface area contributed by atoms with Gasteiger partial charge in [0.1, 0.15) is 16.9 Å². The second-order valence-corrected chi connectivity index (χ2v) is 5.94. The quantitative estimate of drug-likeness (QED) is 0.650. The number of fused-ring (bicyclic) bond motifs is 1. The second kappa shape index (κ2) is 6.86. The number of hydrogen-bond acceptors (Lipinski definition) is 5. The molecule has 0 amide bonds. The van der Waals surface area contributed by atoms with Crippen molar-refractivity contribution in [1.29, 1.82) is 0 Å². The van der Waals surface area contributed by atoms with Crippen molar-refractivity contribution in [2.45, 2.75) is 0 Å². The minimum atomic E-state index is -0.278. The Morgan fingerprint density at radius 3 is 2.20 bits per heavy atom. The van der Waals surface area contributed by atoms with Crippen molar-refractivity contribution in [3.63, 3.8) is 0 Å². The van der Waals surface area contributed by atoms with Gasteiger partial charge in [0.2, 0.25) is 5.75 Å². The van der Waals surface area contributed by atoms with Gasteiger partial charge in [-0.15, -0.1) is 0 Å². The van der Waals surface area contributed by atoms with Crippen LogP contribution in [0.15, 0.2) is 39.5 Å². The van der Waals surface area contributed by atoms with Crippen molar-refractivity contribution in [3.05, 3.63) is 50.6 Å². The van der Waals surface area contributed by atoms with Gasteiger partial charge in [0.25, 0.3) is 0 Å². The highest BCUT2D eigenvalue weighted by molar-refractivity contribution is 6.42. The van der Waals surface area contributed by atoms with E-state index in [1.807, 2.05) is 0 Å². The Labute approximate surface area is 153 Å². The summed E-state index contributed by atoms with van der Waals surface area (Å²) < 4.78 is 21.9. The molecule has 0 aliphatic heterocycles. The molecule has 0 saturated carbocycles. The summed E-state index contributed by atoms with van der Waals surface area (Å²) in [5.74, 6) is 1.35. The molecular weight excluding hydrogens is 367 g/mol. The monoisotopic (exact) mass is 380 g/mol. The maximum Gasteiger partial charge on any atom is 0.205 e. The van der Waals surface area contributed by atoms with Crippen LogP contribution in [-0.4, -0.2) is 21.3 Å². The molecule has 5 nitrogen and oxygen atoms in total. The molecule has 0 fully saturated rings. The minimum absolute atomic E-state index is 0.229. The minimum Gasteiger partial charge on any atom is -0.496 e. The molecule has 0 aliphatic rings. The Balaban J connectivity index is 2.37. The van der Waals surface area contributed by atoms with Crippen LogP contribution < -0.4 is 19.6 Å². The molecule has 1 aromatic heterocycles. The van der Waals surface area contributed by atoms with Crippen LogP contribution in [0.3, 0.4) is 0 Å². The van der Waals surface area contributed by atoms with E-state index in [0.29, 0.717) is 38.6 Å². The van der Waals surface area contributed by atoms with Gasteiger partial charge >= 0.3 is 0 Å². The van der Waals surface area contributed by atoms with Crippen molar-refractivity contribution < 1.29 is 18.6 Å². The van der Waals surface area contributed by atoms with Crippen LogP contribution in [0.5, 0.6) is 17.2 Å². The molecule has 0 N–H and O–H groups in total. The normalized spacial score (nSPS) is 10.8. The first-order chi connectivity index (χ1) is 12.0. The lowest BCUT2D eigenvalue weighted by molar-refractivity contribution is 0.348. The third-order valence-electron chi connectivity index (χ3n) is 3.73. The zero-order chi connectivity index (χ0) is 18.1. The fraction of sp³-hybridized carbons (Fsp3) is 0.167. The maximum absolute atomic E-state index is 12.7. The van der Waals surface area contributed by atoms with E-state index in [2.05, 4.69) is 0 Å². The lowest BCUT2D eigenvalue weighted by Crippen LogP contribution is -2.05. The van der Waals surface area contributed by atoms with Crippen LogP contribution in [0.4, 0.5) is 0 Å². The zero-order valence-corrected chi connectivity index (χ0v) is 15.2. The first-order valence-corrected chi connectivity index (χ1v) is 7.98. The molecule has 0 radical (unpaired) electrons. The van der Waals surface area contributed by atoms with Gasteiger partial charge in [0.15, 0.2) is 16.8 Å². The van der Waals surface area contributed by atoms with Gasteiger partial charge in [0, 0.05) is 17.7 Å². The van der Waals surface area contributed by atoms with Gasteiger partial charge in [-0.2, -0.15) is 0 Å². The van der Waals surface area contributed by atoms with Crippen LogP contribution >= 0.6 is 23.2 Å². The molecule has 2 aromatic carbocycles. The number of rotatable bonds is 4. The molecule has 3 aromatic rings. The van der Waals surface area contributed by atoms with E-state index < -0.39 is 0 Å². The van der Waals surface area contributed by atoms with Gasteiger partial charge in [-0.1, -0.05) is 23.2 Å². The fourth-order valence-electron chi connectivity index (χ4n) is 2.55. The Kier molecular flexibility index (Phi) is 4.79. The van der Waals surface area contributed by atoms with E-state index in [1.54, 1.807) is 24.3 Å². The van der Waals surface area contributed by atoms with Gasteiger partial charge in [-0.3, -0.25) is 4.79 Å². The van der Waals surface area contributed by atoms with Gasteiger partial charge in [-0.25, -0.2) is 0 Å². The van der Waals surface area contributed by atoms with E-state index in [4.69, 9.17) is 41.8 Å². The highest BCUT2D eigenvalue weighted by atomic mass is 35.5. The molecule has 0 spiro atoms. The van der Waals surface area contributed by atoms with Gasteiger partial charge in [0.05, 0.1) is 31.4 Å². The van der Waals surface area contributed by atoms with Crippen molar-refractivity contribution >= 4 is 34.2 Å². The van der Waals surface area contributed by atoms with E-state index >= 15 is 0 Å². The standard InChI is InChI=1S/C18H14Cl2O5/c1-22-14-8-15(23-2)17(24-3)18-16(14)12(21)7-13(25-18)9-4-5-10(19)11(20)6-9/h4-8H,1-3H3. The zero-order valence-electron chi connectivity index (χ0n) is 13.7. The molecule has 7 heteroatoms. The SMILES string of the molecule is COc1cc(OC)c2c(=O)cc(-c3ccc(Cl)c(Cl)c3)oc2c1OC. The van der Waals surface area contributed by atoms with E-state index in [1.165, 1.54) is 27.4 Å². The Morgan fingerprint density at radius 1 is 0.880 bits per heavy atom. The first kappa shape index (κ1) is 17.5. The second-order valence-electron chi connectivity index (χ2n) is 5.12. The Morgan fingerprint density at radius 2 is 1.60 bits per heavy atom. The molecule has 1 heterocycles. The van der Waals surface area contributed by atoms with Gasteiger partial charge in [-0.05, 0) is 18.2 Å². The number of benzene rings is 2. The summed E-state index contributed by atoms with van der Waals surface area (Å²) in [5, 5.41) is 1.04. The number of ether oxygens (including phenoxy) is 3. The molecule has 25 heavy (non-hydrogen) atoms. The fourth-order valence-corrected chi connectivity index (χ4v) is 2.85. The van der Waals surface area contributed by atoms with Crippen molar-refractivity contribution in [3.8, 4) is 28.6 Å². The number of halogens is 2. The summed E-state index contributed by atoms with van der Waals surface area (Å²) in [6, 6.07) is 7.92. The predicted molar refractivity (Wildman–Crippen MR) is 97.6 cm³/mol. The molecule has 0 saturated heterocycles. The largest absolute Gasteiger partial charge is 0.496 e. The molecule has 3 rings (SSSR count). The van der Waals surface area contributed by atoms with Crippen LogP contribution in [0.1, 0.15) is 0 Å². The van der Waals surface area contributed by atoms with Crippen molar-refractivity contribution in [2.24, 2.45) is 0 Å². The highest BCUT2D eigenvalue weighted by Crippen LogP contribution is 2.41. The smallest absolute Gasteiger partial charge is 0.205 e. The van der Waals surface area contributed by atoms with E-state index in [-0.39, 0.29) is 16.4 Å². The molecule has 0 aliphatic carbocycles. The highest BCUT2D eigenvalue weighted by Gasteiger charge is 2.20. The Hall–Kier alpha value is -2.37. The summed E-state index contributed by atoms with van der Waals surface area (Å²) in [5.41, 5.74) is 0.560. The van der Waals surface area contributed by atoms with Crippen LogP contribution in [-0.2, 0) is 0 Å². The van der Waals surface area contributed by atoms with Crippen LogP contribution in [0.25, 0.3) is 22.3 Å². The Bertz CT molecular complexity index is 1010. The summed E-state index contributed by atoms with van der Waals surface area (Å²) in [6.45, 7) is 0. The lowest BCUT2D eigenvalue weighted by Gasteiger charge is -2.13. The number of hydrogen-bond donors (Lipinski definition) is 0. The van der Waals surface area contributed by atoms with Crippen molar-refractivity contribution in [1.82, 2.24) is 0 Å². The topological polar surface area (TPSA) is 57.9 Å². The average molecular weight is 381 g/mol. The van der Waals surface area contributed by atoms with E-state index in [9.17, 15) is 4.79 Å². The summed E-state index contributed by atoms with van der Waals surface area (Å²) in [7, 11) is 4.42. The van der Waals surface area contributed by atoms with Crippen LogP contribution in [0, 0.1) is 0 Å². The number of methoxy groups -OCH3 is 3. The molecule has 0 unspecified atom stereocenters. The maximum atomic E-state index is 12.7. The molecule has 130 valence electrons. The summed E-state index contributed by atoms with van der Waals surface area (Å²) in [6.07, 6.45) is 0. The summed E-state index contributed by atoms with van der Waals surface area (Å²) in [4.78, 5) is 12.7. The predicted octanol–water partition coefficient (Wildman–Crippen LogP) is 4.79. The van der Waals surface area contributed by atoms with E-state index in [0.717, 1.165) is 0 Å². The molecular formula is C18H14Cl2O5. The average Bonchev–Trinajstić information content (AvgIpc) is 2.62.